The number of nitrogens with one attached hydrogen (secondary N) is 1. The highest BCUT2D eigenvalue weighted by Crippen LogP contribution is 2.25. The predicted molar refractivity (Wildman–Crippen MR) is 75.5 cm³/mol. The average Bonchev–Trinajstić information content (AvgIpc) is 2.73. The van der Waals surface area contributed by atoms with Crippen LogP contribution in [-0.2, 0) is 7.05 Å². The van der Waals surface area contributed by atoms with E-state index >= 15 is 0 Å². The molecule has 1 aromatic carbocycles. The summed E-state index contributed by atoms with van der Waals surface area (Å²) < 4.78 is 6.94. The number of hydrogen-bond acceptors (Lipinski definition) is 3. The number of anilines is 2. The third-order valence-electron chi connectivity index (χ3n) is 3.11. The first-order valence-electron chi connectivity index (χ1n) is 5.90. The SMILES string of the molecule is COc1ccc(N)c(NC(=O)c2ccc(C)n2C)c1. The lowest BCUT2D eigenvalue weighted by atomic mass is 10.2. The molecular formula is C14H17N3O2. The number of aromatic nitrogens is 1. The standard InChI is InChI=1S/C14H17N3O2/c1-9-4-7-13(17(9)2)14(18)16-12-8-10(19-3)5-6-11(12)15/h4-8H,15H2,1-3H3,(H,16,18). The van der Waals surface area contributed by atoms with Gasteiger partial charge in [0, 0.05) is 18.8 Å². The summed E-state index contributed by atoms with van der Waals surface area (Å²) in [7, 11) is 3.41. The fraction of sp³-hybridized carbons (Fsp3) is 0.214. The van der Waals surface area contributed by atoms with Gasteiger partial charge in [-0.2, -0.15) is 0 Å². The van der Waals surface area contributed by atoms with Crippen molar-refractivity contribution >= 4 is 17.3 Å². The van der Waals surface area contributed by atoms with E-state index in [2.05, 4.69) is 5.32 Å². The van der Waals surface area contributed by atoms with Gasteiger partial charge in [0.15, 0.2) is 0 Å². The van der Waals surface area contributed by atoms with E-state index < -0.39 is 0 Å². The van der Waals surface area contributed by atoms with Crippen LogP contribution in [0.1, 0.15) is 16.2 Å². The zero-order chi connectivity index (χ0) is 14.0. The summed E-state index contributed by atoms with van der Waals surface area (Å²) in [6.45, 7) is 1.94. The lowest BCUT2D eigenvalue weighted by molar-refractivity contribution is 0.101. The molecule has 1 amide bonds. The number of nitrogen functional groups attached to an aromatic ring is 1. The number of nitrogens with zero attached hydrogens (tertiary/aromatic N) is 1. The molecule has 1 aromatic heterocycles. The predicted octanol–water partition coefficient (Wildman–Crippen LogP) is 2.18. The number of hydrogen-bond donors (Lipinski definition) is 2. The normalized spacial score (nSPS) is 10.3. The van der Waals surface area contributed by atoms with Crippen molar-refractivity contribution in [1.29, 1.82) is 0 Å². The second kappa shape index (κ2) is 5.06. The Morgan fingerprint density at radius 1 is 1.32 bits per heavy atom. The van der Waals surface area contributed by atoms with E-state index in [0.29, 0.717) is 22.8 Å². The monoisotopic (exact) mass is 259 g/mol. The van der Waals surface area contributed by atoms with Crippen LogP contribution < -0.4 is 15.8 Å². The Morgan fingerprint density at radius 3 is 2.63 bits per heavy atom. The second-order valence-electron chi connectivity index (χ2n) is 4.33. The zero-order valence-corrected chi connectivity index (χ0v) is 11.2. The highest BCUT2D eigenvalue weighted by atomic mass is 16.5. The molecule has 0 fully saturated rings. The molecule has 0 bridgehead atoms. The fourth-order valence-corrected chi connectivity index (χ4v) is 1.80. The number of carbonyl (C=O) groups is 1. The lowest BCUT2D eigenvalue weighted by Crippen LogP contribution is -2.16. The molecule has 2 rings (SSSR count). The molecule has 0 unspecified atom stereocenters. The van der Waals surface area contributed by atoms with E-state index in [1.54, 1.807) is 31.4 Å². The van der Waals surface area contributed by atoms with Gasteiger partial charge in [0.2, 0.25) is 0 Å². The summed E-state index contributed by atoms with van der Waals surface area (Å²) in [6.07, 6.45) is 0. The topological polar surface area (TPSA) is 69.3 Å². The molecule has 0 aliphatic heterocycles. The van der Waals surface area contributed by atoms with Gasteiger partial charge >= 0.3 is 0 Å². The maximum Gasteiger partial charge on any atom is 0.272 e. The van der Waals surface area contributed by atoms with Gasteiger partial charge in [-0.3, -0.25) is 4.79 Å². The summed E-state index contributed by atoms with van der Waals surface area (Å²) in [5.74, 6) is 0.447. The molecule has 2 aromatic rings. The number of aryl methyl sites for hydroxylation is 1. The van der Waals surface area contributed by atoms with Crippen LogP contribution in [0.3, 0.4) is 0 Å². The van der Waals surface area contributed by atoms with Crippen LogP contribution in [0.5, 0.6) is 5.75 Å². The van der Waals surface area contributed by atoms with Gasteiger partial charge in [0.25, 0.3) is 5.91 Å². The van der Waals surface area contributed by atoms with Gasteiger partial charge in [-0.15, -0.1) is 0 Å². The number of benzene rings is 1. The number of nitrogens with two attached hydrogens (primary N) is 1. The Kier molecular flexibility index (Phi) is 3.46. The Balaban J connectivity index is 2.26. The molecule has 0 saturated heterocycles. The maximum absolute atomic E-state index is 12.2. The van der Waals surface area contributed by atoms with Crippen LogP contribution >= 0.6 is 0 Å². The Labute approximate surface area is 112 Å². The molecule has 0 spiro atoms. The summed E-state index contributed by atoms with van der Waals surface area (Å²) >= 11 is 0. The van der Waals surface area contributed by atoms with Gasteiger partial charge in [0.1, 0.15) is 11.4 Å². The summed E-state index contributed by atoms with van der Waals surface area (Å²) in [5, 5.41) is 2.79. The first-order valence-corrected chi connectivity index (χ1v) is 5.90. The quantitative estimate of drug-likeness (QED) is 0.830. The molecule has 0 aliphatic rings. The van der Waals surface area contributed by atoms with Crippen molar-refractivity contribution in [2.24, 2.45) is 7.05 Å². The molecule has 100 valence electrons. The van der Waals surface area contributed by atoms with Crippen LogP contribution in [0, 0.1) is 6.92 Å². The van der Waals surface area contributed by atoms with Crippen molar-refractivity contribution < 1.29 is 9.53 Å². The highest BCUT2D eigenvalue weighted by Gasteiger charge is 2.12. The largest absolute Gasteiger partial charge is 0.497 e. The minimum Gasteiger partial charge on any atom is -0.497 e. The lowest BCUT2D eigenvalue weighted by Gasteiger charge is -2.10. The molecule has 0 radical (unpaired) electrons. The van der Waals surface area contributed by atoms with Crippen molar-refractivity contribution in [1.82, 2.24) is 4.57 Å². The van der Waals surface area contributed by atoms with E-state index in [1.165, 1.54) is 0 Å². The van der Waals surface area contributed by atoms with Crippen molar-refractivity contribution in [3.63, 3.8) is 0 Å². The number of ether oxygens (including phenoxy) is 1. The van der Waals surface area contributed by atoms with Gasteiger partial charge < -0.3 is 20.4 Å². The molecule has 5 heteroatoms. The van der Waals surface area contributed by atoms with E-state index in [4.69, 9.17) is 10.5 Å². The fourth-order valence-electron chi connectivity index (χ4n) is 1.80. The van der Waals surface area contributed by atoms with Crippen LogP contribution in [0.25, 0.3) is 0 Å². The molecule has 1 heterocycles. The summed E-state index contributed by atoms with van der Waals surface area (Å²) in [4.78, 5) is 12.2. The molecule has 0 saturated carbocycles. The first kappa shape index (κ1) is 13.0. The van der Waals surface area contributed by atoms with E-state index in [1.807, 2.05) is 24.6 Å². The second-order valence-corrected chi connectivity index (χ2v) is 4.33. The number of rotatable bonds is 3. The Morgan fingerprint density at radius 2 is 2.05 bits per heavy atom. The smallest absolute Gasteiger partial charge is 0.272 e. The van der Waals surface area contributed by atoms with E-state index in [9.17, 15) is 4.79 Å². The summed E-state index contributed by atoms with van der Waals surface area (Å²) in [6, 6.07) is 8.82. The van der Waals surface area contributed by atoms with Gasteiger partial charge in [-0.05, 0) is 31.2 Å². The number of methoxy groups -OCH3 is 1. The maximum atomic E-state index is 12.2. The van der Waals surface area contributed by atoms with Crippen molar-refractivity contribution in [2.75, 3.05) is 18.2 Å². The molecule has 5 nitrogen and oxygen atoms in total. The third-order valence-corrected chi connectivity index (χ3v) is 3.11. The van der Waals surface area contributed by atoms with Crippen LogP contribution in [-0.4, -0.2) is 17.6 Å². The van der Waals surface area contributed by atoms with Crippen LogP contribution in [0.15, 0.2) is 30.3 Å². The Hall–Kier alpha value is -2.43. The molecule has 0 atom stereocenters. The van der Waals surface area contributed by atoms with E-state index in [0.717, 1.165) is 5.69 Å². The average molecular weight is 259 g/mol. The van der Waals surface area contributed by atoms with Crippen molar-refractivity contribution in [2.45, 2.75) is 6.92 Å². The van der Waals surface area contributed by atoms with Gasteiger partial charge in [-0.25, -0.2) is 0 Å². The van der Waals surface area contributed by atoms with E-state index in [-0.39, 0.29) is 5.91 Å². The molecule has 3 N–H and O–H groups in total. The molecule has 19 heavy (non-hydrogen) atoms. The molecule has 0 aliphatic carbocycles. The minimum atomic E-state index is -0.199. The minimum absolute atomic E-state index is 0.199. The first-order chi connectivity index (χ1) is 9.02. The third kappa shape index (κ3) is 2.54. The van der Waals surface area contributed by atoms with Gasteiger partial charge in [-0.1, -0.05) is 0 Å². The zero-order valence-electron chi connectivity index (χ0n) is 11.2. The number of amides is 1. The summed E-state index contributed by atoms with van der Waals surface area (Å²) in [5.41, 5.74) is 8.48. The van der Waals surface area contributed by atoms with Gasteiger partial charge in [0.05, 0.1) is 18.5 Å². The van der Waals surface area contributed by atoms with Crippen molar-refractivity contribution in [3.05, 3.63) is 41.7 Å². The van der Waals surface area contributed by atoms with Crippen LogP contribution in [0.4, 0.5) is 11.4 Å². The number of carbonyl (C=O) groups excluding carboxylic acids is 1. The van der Waals surface area contributed by atoms with Crippen molar-refractivity contribution in [3.8, 4) is 5.75 Å². The molecular weight excluding hydrogens is 242 g/mol. The Bertz CT molecular complexity index is 617. The highest BCUT2D eigenvalue weighted by molar-refractivity contribution is 6.05. The van der Waals surface area contributed by atoms with Crippen LogP contribution in [0.2, 0.25) is 0 Å².